The van der Waals surface area contributed by atoms with E-state index in [9.17, 15) is 15.0 Å². The van der Waals surface area contributed by atoms with Gasteiger partial charge in [-0.05, 0) is 31.4 Å². The molecule has 0 bridgehead atoms. The largest absolute Gasteiger partial charge is 0.390 e. The molecule has 0 aliphatic heterocycles. The Balaban J connectivity index is 2.64. The van der Waals surface area contributed by atoms with E-state index in [1.54, 1.807) is 0 Å². The van der Waals surface area contributed by atoms with Crippen LogP contribution in [0.3, 0.4) is 0 Å². The smallest absolute Gasteiger partial charge is 0.185 e. The summed E-state index contributed by atoms with van der Waals surface area (Å²) in [6.45, 7) is 5.36. The molecule has 1 rings (SSSR count). The van der Waals surface area contributed by atoms with E-state index in [0.717, 1.165) is 16.7 Å². The van der Waals surface area contributed by atoms with Crippen LogP contribution in [0, 0.1) is 13.8 Å². The fourth-order valence-corrected chi connectivity index (χ4v) is 2.41. The minimum Gasteiger partial charge on any atom is -0.390 e. The van der Waals surface area contributed by atoms with E-state index in [2.05, 4.69) is 0 Å². The fourth-order valence-electron chi connectivity index (χ4n) is 1.77. The lowest BCUT2D eigenvalue weighted by molar-refractivity contribution is -0.109. The number of aliphatic hydroxyl groups excluding tert-OH is 2. The van der Waals surface area contributed by atoms with E-state index >= 15 is 0 Å². The van der Waals surface area contributed by atoms with Gasteiger partial charge < -0.3 is 10.2 Å². The Morgan fingerprint density at radius 2 is 2.00 bits per heavy atom. The molecule has 0 saturated heterocycles. The molecule has 1 aromatic carbocycles. The van der Waals surface area contributed by atoms with Crippen LogP contribution in [-0.2, 0) is 4.79 Å². The summed E-state index contributed by atoms with van der Waals surface area (Å²) in [5.41, 5.74) is 2.78. The number of carbonyl (C=O) groups is 1. The molecule has 0 aliphatic carbocycles. The number of carbonyl (C=O) groups excluding carboxylic acids is 1. The Labute approximate surface area is 112 Å². The van der Waals surface area contributed by atoms with Crippen LogP contribution in [-0.4, -0.2) is 27.2 Å². The van der Waals surface area contributed by atoms with Gasteiger partial charge in [-0.15, -0.1) is 0 Å². The lowest BCUT2D eigenvalue weighted by atomic mass is 9.96. The molecule has 0 heterocycles. The molecule has 2 N–H and O–H groups in total. The highest BCUT2D eigenvalue weighted by atomic mass is 32.2. The standard InChI is InChI=1S/C14H20O3S/c1-9-4-5-10(2)12(8-9)14(17)13(16)6-7-18-11(3)15/h4-5,8,13-14,16-17H,6-7H2,1-3H3. The molecule has 1 aromatic rings. The van der Waals surface area contributed by atoms with Crippen molar-refractivity contribution in [1.29, 1.82) is 0 Å². The van der Waals surface area contributed by atoms with E-state index in [0.29, 0.717) is 12.2 Å². The van der Waals surface area contributed by atoms with E-state index in [-0.39, 0.29) is 5.12 Å². The van der Waals surface area contributed by atoms with Gasteiger partial charge in [-0.25, -0.2) is 0 Å². The molecule has 0 spiro atoms. The van der Waals surface area contributed by atoms with Gasteiger partial charge in [-0.2, -0.15) is 0 Å². The van der Waals surface area contributed by atoms with Crippen LogP contribution >= 0.6 is 11.8 Å². The van der Waals surface area contributed by atoms with Crippen molar-refractivity contribution in [3.05, 3.63) is 34.9 Å². The Morgan fingerprint density at radius 1 is 1.33 bits per heavy atom. The van der Waals surface area contributed by atoms with Gasteiger partial charge in [-0.1, -0.05) is 35.5 Å². The first-order chi connectivity index (χ1) is 8.41. The van der Waals surface area contributed by atoms with Crippen LogP contribution in [0.2, 0.25) is 0 Å². The van der Waals surface area contributed by atoms with E-state index in [4.69, 9.17) is 0 Å². The molecule has 3 nitrogen and oxygen atoms in total. The van der Waals surface area contributed by atoms with Crippen LogP contribution in [0.1, 0.15) is 36.1 Å². The minimum atomic E-state index is -0.891. The Morgan fingerprint density at radius 3 is 2.61 bits per heavy atom. The molecule has 2 unspecified atom stereocenters. The molecule has 100 valence electrons. The average molecular weight is 268 g/mol. The van der Waals surface area contributed by atoms with Gasteiger partial charge in [0.2, 0.25) is 0 Å². The van der Waals surface area contributed by atoms with E-state index < -0.39 is 12.2 Å². The molecular formula is C14H20O3S. The maximum atomic E-state index is 10.8. The lowest BCUT2D eigenvalue weighted by Gasteiger charge is -2.20. The highest BCUT2D eigenvalue weighted by Crippen LogP contribution is 2.24. The molecule has 2 atom stereocenters. The van der Waals surface area contributed by atoms with Gasteiger partial charge in [0.1, 0.15) is 6.10 Å². The summed E-state index contributed by atoms with van der Waals surface area (Å²) in [5.74, 6) is 0.526. The second-order valence-electron chi connectivity index (χ2n) is 4.50. The second kappa shape index (κ2) is 6.92. The number of aryl methyl sites for hydroxylation is 2. The molecular weight excluding hydrogens is 248 g/mol. The Kier molecular flexibility index (Phi) is 5.85. The van der Waals surface area contributed by atoms with Crippen molar-refractivity contribution in [1.82, 2.24) is 0 Å². The van der Waals surface area contributed by atoms with Gasteiger partial charge in [0.15, 0.2) is 5.12 Å². The summed E-state index contributed by atoms with van der Waals surface area (Å²) >= 11 is 1.17. The molecule has 0 aromatic heterocycles. The SMILES string of the molecule is CC(=O)SCCC(O)C(O)c1cc(C)ccc1C. The first kappa shape index (κ1) is 15.2. The monoisotopic (exact) mass is 268 g/mol. The average Bonchev–Trinajstić information content (AvgIpc) is 2.30. The van der Waals surface area contributed by atoms with Crippen LogP contribution in [0.4, 0.5) is 0 Å². The zero-order valence-electron chi connectivity index (χ0n) is 11.0. The van der Waals surface area contributed by atoms with Crippen LogP contribution in [0.15, 0.2) is 18.2 Å². The van der Waals surface area contributed by atoms with Crippen LogP contribution < -0.4 is 0 Å². The zero-order valence-corrected chi connectivity index (χ0v) is 11.8. The maximum absolute atomic E-state index is 10.8. The van der Waals surface area contributed by atoms with Crippen molar-refractivity contribution in [3.63, 3.8) is 0 Å². The number of aliphatic hydroxyl groups is 2. The summed E-state index contributed by atoms with van der Waals surface area (Å²) in [6, 6.07) is 5.80. The molecule has 0 amide bonds. The van der Waals surface area contributed by atoms with Gasteiger partial charge in [0.25, 0.3) is 0 Å². The van der Waals surface area contributed by atoms with Crippen molar-refractivity contribution in [2.75, 3.05) is 5.75 Å². The third kappa shape index (κ3) is 4.44. The molecule has 0 saturated carbocycles. The maximum Gasteiger partial charge on any atom is 0.185 e. The van der Waals surface area contributed by atoms with Gasteiger partial charge >= 0.3 is 0 Å². The zero-order chi connectivity index (χ0) is 13.7. The predicted molar refractivity (Wildman–Crippen MR) is 74.6 cm³/mol. The lowest BCUT2D eigenvalue weighted by Crippen LogP contribution is -2.20. The summed E-state index contributed by atoms with van der Waals surface area (Å²) in [6.07, 6.45) is -1.33. The van der Waals surface area contributed by atoms with Gasteiger partial charge in [0, 0.05) is 12.7 Å². The minimum absolute atomic E-state index is 0.0309. The molecule has 0 radical (unpaired) electrons. The topological polar surface area (TPSA) is 57.5 Å². The number of hydrogen-bond donors (Lipinski definition) is 2. The summed E-state index contributed by atoms with van der Waals surface area (Å²) < 4.78 is 0. The van der Waals surface area contributed by atoms with Gasteiger partial charge in [-0.3, -0.25) is 4.79 Å². The van der Waals surface area contributed by atoms with Crippen molar-refractivity contribution in [2.45, 2.75) is 39.4 Å². The molecule has 0 aliphatic rings. The Bertz CT molecular complexity index is 418. The number of benzene rings is 1. The van der Waals surface area contributed by atoms with E-state index in [1.807, 2.05) is 32.0 Å². The Hall–Kier alpha value is -0.840. The highest BCUT2D eigenvalue weighted by molar-refractivity contribution is 8.13. The molecule has 4 heteroatoms. The first-order valence-corrected chi connectivity index (χ1v) is 6.97. The van der Waals surface area contributed by atoms with Crippen molar-refractivity contribution in [3.8, 4) is 0 Å². The highest BCUT2D eigenvalue weighted by Gasteiger charge is 2.20. The van der Waals surface area contributed by atoms with Crippen molar-refractivity contribution >= 4 is 16.9 Å². The van der Waals surface area contributed by atoms with Crippen molar-refractivity contribution in [2.24, 2.45) is 0 Å². The van der Waals surface area contributed by atoms with Crippen molar-refractivity contribution < 1.29 is 15.0 Å². The molecule has 18 heavy (non-hydrogen) atoms. The number of thioether (sulfide) groups is 1. The summed E-state index contributed by atoms with van der Waals surface area (Å²) in [5, 5.41) is 20.1. The number of rotatable bonds is 5. The van der Waals surface area contributed by atoms with Crippen LogP contribution in [0.25, 0.3) is 0 Å². The number of hydrogen-bond acceptors (Lipinski definition) is 4. The second-order valence-corrected chi connectivity index (χ2v) is 5.77. The summed E-state index contributed by atoms with van der Waals surface area (Å²) in [7, 11) is 0. The molecule has 0 fully saturated rings. The third-order valence-electron chi connectivity index (χ3n) is 2.84. The quantitative estimate of drug-likeness (QED) is 0.861. The normalized spacial score (nSPS) is 14.3. The predicted octanol–water partition coefficient (Wildman–Crippen LogP) is 2.37. The first-order valence-electron chi connectivity index (χ1n) is 5.98. The fraction of sp³-hybridized carbons (Fsp3) is 0.500. The third-order valence-corrected chi connectivity index (χ3v) is 3.68. The van der Waals surface area contributed by atoms with Crippen LogP contribution in [0.5, 0.6) is 0 Å². The van der Waals surface area contributed by atoms with Gasteiger partial charge in [0.05, 0.1) is 6.10 Å². The summed E-state index contributed by atoms with van der Waals surface area (Å²) in [4.78, 5) is 10.8. The van der Waals surface area contributed by atoms with E-state index in [1.165, 1.54) is 18.7 Å².